The molecule has 0 spiro atoms. The lowest BCUT2D eigenvalue weighted by Crippen LogP contribution is -2.15. The monoisotopic (exact) mass is 426 g/mol. The summed E-state index contributed by atoms with van der Waals surface area (Å²) in [6, 6.07) is 18.0. The van der Waals surface area contributed by atoms with Crippen molar-refractivity contribution in [1.29, 1.82) is 0 Å². The van der Waals surface area contributed by atoms with Gasteiger partial charge < -0.3 is 5.32 Å². The van der Waals surface area contributed by atoms with E-state index in [9.17, 15) is 4.79 Å². The molecule has 3 rings (SSSR count). The zero-order valence-corrected chi connectivity index (χ0v) is 18.4. The molecule has 0 saturated carbocycles. The number of unbranched alkanes of at least 4 members (excludes halogenated alkanes) is 1. The highest BCUT2D eigenvalue weighted by atomic mass is 32.2. The molecule has 0 bridgehead atoms. The average molecular weight is 427 g/mol. The molecule has 0 atom stereocenters. The third kappa shape index (κ3) is 5.87. The Morgan fingerprint density at radius 3 is 2.52 bits per heavy atom. The molecule has 1 N–H and O–H groups in total. The summed E-state index contributed by atoms with van der Waals surface area (Å²) in [5, 5.41) is 12.4. The first-order valence-electron chi connectivity index (χ1n) is 9.87. The third-order valence-corrected chi connectivity index (χ3v) is 6.37. The van der Waals surface area contributed by atoms with Crippen molar-refractivity contribution in [1.82, 2.24) is 14.8 Å². The van der Waals surface area contributed by atoms with Crippen molar-refractivity contribution in [2.75, 3.05) is 16.8 Å². The maximum Gasteiger partial charge on any atom is 0.234 e. The van der Waals surface area contributed by atoms with Gasteiger partial charge in [-0.1, -0.05) is 62.4 Å². The van der Waals surface area contributed by atoms with Gasteiger partial charge in [-0.05, 0) is 36.4 Å². The Morgan fingerprint density at radius 1 is 1.00 bits per heavy atom. The number of carbonyl (C=O) groups excluding carboxylic acids is 1. The third-order valence-electron chi connectivity index (χ3n) is 4.28. The molecular weight excluding hydrogens is 400 g/mol. The Morgan fingerprint density at radius 2 is 1.76 bits per heavy atom. The van der Waals surface area contributed by atoms with Crippen LogP contribution in [-0.2, 0) is 11.2 Å². The predicted molar refractivity (Wildman–Crippen MR) is 122 cm³/mol. The fourth-order valence-corrected chi connectivity index (χ4v) is 4.67. The Bertz CT molecular complexity index is 928. The molecule has 5 nitrogen and oxygen atoms in total. The van der Waals surface area contributed by atoms with E-state index >= 15 is 0 Å². The van der Waals surface area contributed by atoms with Crippen molar-refractivity contribution >= 4 is 35.1 Å². The average Bonchev–Trinajstić information content (AvgIpc) is 3.17. The summed E-state index contributed by atoms with van der Waals surface area (Å²) >= 11 is 3.19. The van der Waals surface area contributed by atoms with Gasteiger partial charge in [0.2, 0.25) is 5.91 Å². The molecule has 0 aliphatic rings. The number of benzene rings is 2. The van der Waals surface area contributed by atoms with Crippen molar-refractivity contribution in [3.05, 3.63) is 60.4 Å². The van der Waals surface area contributed by atoms with Crippen LogP contribution in [-0.4, -0.2) is 32.2 Å². The van der Waals surface area contributed by atoms with Crippen LogP contribution in [0, 0.1) is 0 Å². The summed E-state index contributed by atoms with van der Waals surface area (Å²) in [5.41, 5.74) is 1.88. The fraction of sp³-hybridized carbons (Fsp3) is 0.318. The highest BCUT2D eigenvalue weighted by molar-refractivity contribution is 8.00. The Hall–Kier alpha value is -2.25. The van der Waals surface area contributed by atoms with Crippen LogP contribution in [0.3, 0.4) is 0 Å². The van der Waals surface area contributed by atoms with Gasteiger partial charge in [0, 0.05) is 17.0 Å². The van der Waals surface area contributed by atoms with Gasteiger partial charge in [-0.2, -0.15) is 0 Å². The highest BCUT2D eigenvalue weighted by Gasteiger charge is 2.15. The number of thioether (sulfide) groups is 2. The molecule has 7 heteroatoms. The van der Waals surface area contributed by atoms with E-state index < -0.39 is 0 Å². The second-order valence-electron chi connectivity index (χ2n) is 6.46. The summed E-state index contributed by atoms with van der Waals surface area (Å²) in [7, 11) is 0. The minimum atomic E-state index is -0.0424. The Kier molecular flexibility index (Phi) is 8.19. The van der Waals surface area contributed by atoms with Crippen LogP contribution in [0.1, 0.15) is 32.5 Å². The lowest BCUT2D eigenvalue weighted by molar-refractivity contribution is -0.113. The fourth-order valence-electron chi connectivity index (χ4n) is 2.80. The molecule has 0 unspecified atom stereocenters. The number of amides is 1. The molecular formula is C22H26N4OS2. The SMILES string of the molecule is CCCCSc1ccccc1NC(=O)CSc1nnc(CC)n1-c1ccccc1. The smallest absolute Gasteiger partial charge is 0.234 e. The zero-order valence-electron chi connectivity index (χ0n) is 16.8. The predicted octanol–water partition coefficient (Wildman–Crippen LogP) is 5.45. The second-order valence-corrected chi connectivity index (χ2v) is 8.54. The lowest BCUT2D eigenvalue weighted by atomic mass is 10.3. The molecule has 3 aromatic rings. The number of para-hydroxylation sites is 2. The molecule has 1 aromatic heterocycles. The minimum absolute atomic E-state index is 0.0424. The number of nitrogens with zero attached hydrogens (tertiary/aromatic N) is 3. The standard InChI is InChI=1S/C22H26N4OS2/c1-3-5-15-28-19-14-10-9-13-18(19)23-21(27)16-29-22-25-24-20(4-2)26(22)17-11-7-6-8-12-17/h6-14H,3-5,15-16H2,1-2H3,(H,23,27). The minimum Gasteiger partial charge on any atom is -0.324 e. The normalized spacial score (nSPS) is 10.8. The van der Waals surface area contributed by atoms with Crippen LogP contribution in [0.2, 0.25) is 0 Å². The Labute approximate surface area is 180 Å². The quantitative estimate of drug-likeness (QED) is 0.345. The van der Waals surface area contributed by atoms with E-state index in [1.165, 1.54) is 18.2 Å². The van der Waals surface area contributed by atoms with Crippen LogP contribution < -0.4 is 5.32 Å². The van der Waals surface area contributed by atoms with Crippen molar-refractivity contribution in [2.45, 2.75) is 43.2 Å². The number of rotatable bonds is 10. The van der Waals surface area contributed by atoms with Gasteiger partial charge in [0.15, 0.2) is 5.16 Å². The topological polar surface area (TPSA) is 59.8 Å². The van der Waals surface area contributed by atoms with Gasteiger partial charge in [-0.3, -0.25) is 9.36 Å². The van der Waals surface area contributed by atoms with Gasteiger partial charge in [-0.25, -0.2) is 0 Å². The van der Waals surface area contributed by atoms with Crippen molar-refractivity contribution in [2.24, 2.45) is 0 Å². The highest BCUT2D eigenvalue weighted by Crippen LogP contribution is 2.28. The maximum absolute atomic E-state index is 12.6. The molecule has 152 valence electrons. The molecule has 0 aliphatic carbocycles. The summed E-state index contributed by atoms with van der Waals surface area (Å²) < 4.78 is 2.02. The van der Waals surface area contributed by atoms with E-state index in [1.54, 1.807) is 11.8 Å². The molecule has 1 amide bonds. The van der Waals surface area contributed by atoms with E-state index in [4.69, 9.17) is 0 Å². The molecule has 0 radical (unpaired) electrons. The number of nitrogens with one attached hydrogen (secondary N) is 1. The van der Waals surface area contributed by atoms with Gasteiger partial charge in [-0.15, -0.1) is 22.0 Å². The first-order chi connectivity index (χ1) is 14.2. The van der Waals surface area contributed by atoms with Gasteiger partial charge in [0.25, 0.3) is 0 Å². The second kappa shape index (κ2) is 11.1. The number of anilines is 1. The molecule has 0 aliphatic heterocycles. The Balaban J connectivity index is 1.66. The van der Waals surface area contributed by atoms with E-state index in [0.29, 0.717) is 0 Å². The van der Waals surface area contributed by atoms with Crippen LogP contribution in [0.5, 0.6) is 0 Å². The summed E-state index contributed by atoms with van der Waals surface area (Å²) in [4.78, 5) is 13.7. The van der Waals surface area contributed by atoms with E-state index in [-0.39, 0.29) is 11.7 Å². The van der Waals surface area contributed by atoms with Crippen LogP contribution in [0.25, 0.3) is 5.69 Å². The van der Waals surface area contributed by atoms with Crippen molar-refractivity contribution in [3.63, 3.8) is 0 Å². The van der Waals surface area contributed by atoms with E-state index in [2.05, 4.69) is 35.4 Å². The molecule has 0 saturated heterocycles. The number of hydrogen-bond donors (Lipinski definition) is 1. The van der Waals surface area contributed by atoms with Gasteiger partial charge in [0.1, 0.15) is 5.82 Å². The molecule has 29 heavy (non-hydrogen) atoms. The lowest BCUT2D eigenvalue weighted by Gasteiger charge is -2.11. The maximum atomic E-state index is 12.6. The van der Waals surface area contributed by atoms with E-state index in [0.717, 1.165) is 45.8 Å². The summed E-state index contributed by atoms with van der Waals surface area (Å²) in [5.74, 6) is 2.18. The largest absolute Gasteiger partial charge is 0.324 e. The zero-order chi connectivity index (χ0) is 20.5. The van der Waals surface area contributed by atoms with Crippen molar-refractivity contribution in [3.8, 4) is 5.69 Å². The molecule has 2 aromatic carbocycles. The number of aromatic nitrogens is 3. The van der Waals surface area contributed by atoms with E-state index in [1.807, 2.05) is 53.1 Å². The van der Waals surface area contributed by atoms with Crippen molar-refractivity contribution < 1.29 is 4.79 Å². The van der Waals surface area contributed by atoms with Crippen LogP contribution in [0.15, 0.2) is 64.6 Å². The first kappa shape index (κ1) is 21.5. The van der Waals surface area contributed by atoms with Gasteiger partial charge in [0.05, 0.1) is 11.4 Å². The van der Waals surface area contributed by atoms with Gasteiger partial charge >= 0.3 is 0 Å². The summed E-state index contributed by atoms with van der Waals surface area (Å²) in [6.45, 7) is 4.24. The molecule has 1 heterocycles. The van der Waals surface area contributed by atoms with Crippen LogP contribution in [0.4, 0.5) is 5.69 Å². The molecule has 0 fully saturated rings. The number of hydrogen-bond acceptors (Lipinski definition) is 5. The summed E-state index contributed by atoms with van der Waals surface area (Å²) in [6.07, 6.45) is 3.11. The number of carbonyl (C=O) groups is 1. The first-order valence-corrected chi connectivity index (χ1v) is 11.8. The number of aryl methyl sites for hydroxylation is 1. The van der Waals surface area contributed by atoms with Crippen LogP contribution >= 0.6 is 23.5 Å².